The Kier molecular flexibility index (Phi) is 12.0. The SMILES string of the molecule is [N-]=[N+]=N[C@H]1[C@H](OC(=N)C(Cl)(Cl)Cl)O[C@H](COC(=O)c2ccccc2)[C@@H](OC(=O)C(Cl)(Cl)Cl)[C@@H]1OCc1ccccc1. The van der Waals surface area contributed by atoms with Gasteiger partial charge in [0.05, 0.1) is 12.2 Å². The van der Waals surface area contributed by atoms with Crippen LogP contribution < -0.4 is 0 Å². The van der Waals surface area contributed by atoms with Gasteiger partial charge < -0.3 is 23.7 Å². The largest absolute Gasteiger partial charge is 0.459 e. The van der Waals surface area contributed by atoms with E-state index in [-0.39, 0.29) is 12.2 Å². The third-order valence-corrected chi connectivity index (χ3v) is 6.42. The lowest BCUT2D eigenvalue weighted by atomic mass is 9.96. The molecule has 17 heteroatoms. The van der Waals surface area contributed by atoms with Gasteiger partial charge in [0, 0.05) is 4.91 Å². The van der Waals surface area contributed by atoms with Gasteiger partial charge in [0.2, 0.25) is 12.2 Å². The number of hydrogen-bond donors (Lipinski definition) is 1. The molecule has 2 aromatic carbocycles. The van der Waals surface area contributed by atoms with Gasteiger partial charge in [0.1, 0.15) is 24.9 Å². The molecule has 0 bridgehead atoms. The van der Waals surface area contributed by atoms with Crippen LogP contribution in [0.3, 0.4) is 0 Å². The van der Waals surface area contributed by atoms with Crippen LogP contribution in [0, 0.1) is 5.41 Å². The van der Waals surface area contributed by atoms with E-state index in [1.54, 1.807) is 48.5 Å². The van der Waals surface area contributed by atoms with Crippen LogP contribution in [0.2, 0.25) is 0 Å². The quantitative estimate of drug-likeness (QED) is 0.0602. The Labute approximate surface area is 263 Å². The third-order valence-electron chi connectivity index (χ3n) is 5.44. The molecule has 1 heterocycles. The molecule has 0 unspecified atom stereocenters. The number of esters is 2. The van der Waals surface area contributed by atoms with Crippen LogP contribution in [0.1, 0.15) is 15.9 Å². The fraction of sp³-hybridized carbons (Fsp3) is 0.375. The molecule has 41 heavy (non-hydrogen) atoms. The summed E-state index contributed by atoms with van der Waals surface area (Å²) in [6.45, 7) is -0.642. The average molecular weight is 689 g/mol. The summed E-state index contributed by atoms with van der Waals surface area (Å²) in [7, 11) is 0. The van der Waals surface area contributed by atoms with Crippen molar-refractivity contribution >= 4 is 87.4 Å². The van der Waals surface area contributed by atoms with Gasteiger partial charge in [0.15, 0.2) is 6.10 Å². The molecule has 11 nitrogen and oxygen atoms in total. The average Bonchev–Trinajstić information content (AvgIpc) is 2.92. The van der Waals surface area contributed by atoms with Crippen molar-refractivity contribution in [2.45, 2.75) is 44.8 Å². The van der Waals surface area contributed by atoms with Crippen molar-refractivity contribution in [1.29, 1.82) is 5.41 Å². The van der Waals surface area contributed by atoms with E-state index in [1.807, 2.05) is 0 Å². The normalized spacial score (nSPS) is 22.6. The number of rotatable bonds is 9. The Morgan fingerprint density at radius 2 is 1.54 bits per heavy atom. The van der Waals surface area contributed by atoms with Gasteiger partial charge in [-0.3, -0.25) is 5.41 Å². The summed E-state index contributed by atoms with van der Waals surface area (Å²) in [5.41, 5.74) is 10.2. The molecule has 1 saturated heterocycles. The van der Waals surface area contributed by atoms with Crippen molar-refractivity contribution in [2.75, 3.05) is 6.61 Å². The minimum absolute atomic E-state index is 0.0874. The zero-order valence-corrected chi connectivity index (χ0v) is 25.1. The summed E-state index contributed by atoms with van der Waals surface area (Å²) in [5.74, 6) is -2.95. The summed E-state index contributed by atoms with van der Waals surface area (Å²) in [6.07, 6.45) is -5.89. The topological polar surface area (TPSA) is 153 Å². The Hall–Kier alpha value is -2.18. The van der Waals surface area contributed by atoms with Gasteiger partial charge in [-0.05, 0) is 23.2 Å². The van der Waals surface area contributed by atoms with Crippen molar-refractivity contribution in [1.82, 2.24) is 0 Å². The molecule has 220 valence electrons. The second-order valence-electron chi connectivity index (χ2n) is 8.28. The number of carbonyl (C=O) groups is 2. The highest BCUT2D eigenvalue weighted by molar-refractivity contribution is 6.76. The maximum absolute atomic E-state index is 12.7. The molecule has 0 amide bonds. The van der Waals surface area contributed by atoms with E-state index in [4.69, 9.17) is 98.7 Å². The van der Waals surface area contributed by atoms with Gasteiger partial charge in [0.25, 0.3) is 7.59 Å². The fourth-order valence-corrected chi connectivity index (χ4v) is 3.86. The Morgan fingerprint density at radius 3 is 2.10 bits per heavy atom. The van der Waals surface area contributed by atoms with Gasteiger partial charge in [-0.1, -0.05) is 123 Å². The number of benzene rings is 2. The highest BCUT2D eigenvalue weighted by Crippen LogP contribution is 2.36. The standard InChI is InChI=1S/C24H20Cl6N4O7/c25-23(26,27)21(31)41-20-16(33-34-32)18(37-11-13-7-3-1-4-8-13)17(40-22(36)24(28,29)30)15(39-20)12-38-19(35)14-9-5-2-6-10-14/h1-10,15-18,20,31H,11-12H2/t15-,16-,17-,18-,20+/m1/s1. The monoisotopic (exact) mass is 686 g/mol. The number of hydrogen-bond acceptors (Lipinski definition) is 9. The Morgan fingerprint density at radius 1 is 0.927 bits per heavy atom. The lowest BCUT2D eigenvalue weighted by Gasteiger charge is -2.44. The number of halogens is 6. The lowest BCUT2D eigenvalue weighted by Crippen LogP contribution is -2.61. The molecule has 0 radical (unpaired) electrons. The zero-order chi connectivity index (χ0) is 30.2. The number of nitrogens with one attached hydrogen (secondary N) is 1. The maximum atomic E-state index is 12.7. The van der Waals surface area contributed by atoms with E-state index in [9.17, 15) is 15.1 Å². The molecule has 0 aliphatic carbocycles. The third kappa shape index (κ3) is 9.68. The molecule has 0 spiro atoms. The van der Waals surface area contributed by atoms with E-state index in [0.717, 1.165) is 0 Å². The van der Waals surface area contributed by atoms with Gasteiger partial charge in [-0.2, -0.15) is 0 Å². The van der Waals surface area contributed by atoms with Crippen LogP contribution in [0.15, 0.2) is 65.8 Å². The minimum atomic E-state index is -2.52. The summed E-state index contributed by atoms with van der Waals surface area (Å²) in [4.78, 5) is 28.1. The van der Waals surface area contributed by atoms with E-state index in [0.29, 0.717) is 5.56 Å². The molecule has 2 aromatic rings. The first kappa shape index (κ1) is 33.3. The first-order valence-electron chi connectivity index (χ1n) is 11.5. The van der Waals surface area contributed by atoms with Crippen molar-refractivity contribution < 1.29 is 33.3 Å². The summed E-state index contributed by atoms with van der Waals surface area (Å²) >= 11 is 34.5. The fourth-order valence-electron chi connectivity index (χ4n) is 3.59. The molecular weight excluding hydrogens is 669 g/mol. The second-order valence-corrected chi connectivity index (χ2v) is 12.8. The molecule has 5 atom stereocenters. The second kappa shape index (κ2) is 14.8. The van der Waals surface area contributed by atoms with Crippen molar-refractivity contribution in [2.24, 2.45) is 5.11 Å². The zero-order valence-electron chi connectivity index (χ0n) is 20.5. The molecular formula is C24H20Cl6N4O7. The molecule has 1 aliphatic heterocycles. The van der Waals surface area contributed by atoms with Crippen LogP contribution in [-0.2, 0) is 35.1 Å². The van der Waals surface area contributed by atoms with Gasteiger partial charge in [-0.25, -0.2) is 9.59 Å². The van der Waals surface area contributed by atoms with Crippen molar-refractivity contribution in [3.63, 3.8) is 0 Å². The van der Waals surface area contributed by atoms with Crippen LogP contribution in [0.4, 0.5) is 0 Å². The van der Waals surface area contributed by atoms with Crippen LogP contribution >= 0.6 is 69.6 Å². The number of alkyl halides is 6. The summed E-state index contributed by atoms with van der Waals surface area (Å²) in [6, 6.07) is 15.3. The molecule has 0 saturated carbocycles. The van der Waals surface area contributed by atoms with E-state index < -0.39 is 62.7 Å². The first-order chi connectivity index (χ1) is 19.3. The van der Waals surface area contributed by atoms with E-state index >= 15 is 0 Å². The van der Waals surface area contributed by atoms with Crippen molar-refractivity contribution in [3.8, 4) is 0 Å². The summed E-state index contributed by atoms with van der Waals surface area (Å²) < 4.78 is 23.3. The number of azide groups is 1. The van der Waals surface area contributed by atoms with Crippen molar-refractivity contribution in [3.05, 3.63) is 82.2 Å². The van der Waals surface area contributed by atoms with Gasteiger partial charge >= 0.3 is 11.9 Å². The maximum Gasteiger partial charge on any atom is 0.359 e. The molecule has 1 aliphatic rings. The number of nitrogens with zero attached hydrogens (tertiary/aromatic N) is 3. The van der Waals surface area contributed by atoms with E-state index in [1.165, 1.54) is 12.1 Å². The predicted octanol–water partition coefficient (Wildman–Crippen LogP) is 6.48. The Bertz CT molecular complexity index is 1260. The first-order valence-corrected chi connectivity index (χ1v) is 13.8. The Balaban J connectivity index is 2.00. The van der Waals surface area contributed by atoms with Gasteiger partial charge in [-0.15, -0.1) is 0 Å². The molecule has 1 N–H and O–H groups in total. The number of ether oxygens (including phenoxy) is 5. The smallest absolute Gasteiger partial charge is 0.359 e. The molecule has 3 rings (SSSR count). The number of carbonyl (C=O) groups excluding carboxylic acids is 2. The highest BCUT2D eigenvalue weighted by Gasteiger charge is 2.52. The van der Waals surface area contributed by atoms with Crippen LogP contribution in [0.25, 0.3) is 10.4 Å². The lowest BCUT2D eigenvalue weighted by molar-refractivity contribution is -0.260. The highest BCUT2D eigenvalue weighted by atomic mass is 35.6. The van der Waals surface area contributed by atoms with Crippen LogP contribution in [0.5, 0.6) is 0 Å². The molecule has 1 fully saturated rings. The predicted molar refractivity (Wildman–Crippen MR) is 153 cm³/mol. The molecule has 0 aromatic heterocycles. The minimum Gasteiger partial charge on any atom is -0.459 e. The van der Waals surface area contributed by atoms with Crippen LogP contribution in [-0.4, -0.2) is 62.7 Å². The summed E-state index contributed by atoms with van der Waals surface area (Å²) in [5, 5.41) is 11.7. The van der Waals surface area contributed by atoms with E-state index in [2.05, 4.69) is 10.0 Å².